The van der Waals surface area contributed by atoms with Gasteiger partial charge in [-0.25, -0.2) is 0 Å². The summed E-state index contributed by atoms with van der Waals surface area (Å²) in [5.74, 6) is 0.883. The van der Waals surface area contributed by atoms with Crippen molar-refractivity contribution in [3.8, 4) is 5.75 Å². The van der Waals surface area contributed by atoms with Gasteiger partial charge in [-0.15, -0.1) is 0 Å². The number of halogens is 1. The van der Waals surface area contributed by atoms with Gasteiger partial charge >= 0.3 is 0 Å². The van der Waals surface area contributed by atoms with Gasteiger partial charge in [0, 0.05) is 10.5 Å². The summed E-state index contributed by atoms with van der Waals surface area (Å²) in [6, 6.07) is 8.23. The van der Waals surface area contributed by atoms with Crippen LogP contribution in [0.15, 0.2) is 24.3 Å². The van der Waals surface area contributed by atoms with Crippen LogP contribution in [0.1, 0.15) is 36.7 Å². The van der Waals surface area contributed by atoms with E-state index >= 15 is 0 Å². The van der Waals surface area contributed by atoms with E-state index < -0.39 is 0 Å². The molecule has 1 aromatic carbocycles. The molecule has 0 aliphatic carbocycles. The summed E-state index contributed by atoms with van der Waals surface area (Å²) in [4.78, 5) is 0. The minimum atomic E-state index is -0.186. The quantitative estimate of drug-likeness (QED) is 0.438. The molecule has 0 N–H and O–H groups in total. The zero-order valence-electron chi connectivity index (χ0n) is 10.1. The van der Waals surface area contributed by atoms with E-state index in [-0.39, 0.29) is 6.29 Å². The normalized spacial score (nSPS) is 14.5. The Labute approximate surface area is 111 Å². The fourth-order valence-corrected chi connectivity index (χ4v) is 1.87. The van der Waals surface area contributed by atoms with Crippen molar-refractivity contribution in [1.82, 2.24) is 0 Å². The third-order valence-corrected chi connectivity index (χ3v) is 3.88. The minimum Gasteiger partial charge on any atom is -0.465 e. The predicted octanol–water partition coefficient (Wildman–Crippen LogP) is 4.33. The first-order valence-corrected chi connectivity index (χ1v) is 6.94. The molecule has 0 spiro atoms. The van der Waals surface area contributed by atoms with Crippen LogP contribution in [0.25, 0.3) is 0 Å². The van der Waals surface area contributed by atoms with Gasteiger partial charge < -0.3 is 9.47 Å². The van der Waals surface area contributed by atoms with E-state index in [1.165, 1.54) is 5.56 Å². The maximum absolute atomic E-state index is 5.66. The van der Waals surface area contributed by atoms with Crippen LogP contribution in [0.3, 0.4) is 0 Å². The second-order valence-corrected chi connectivity index (χ2v) is 5.09. The molecule has 0 saturated heterocycles. The molecule has 0 aromatic heterocycles. The zero-order valence-corrected chi connectivity index (χ0v) is 12.2. The van der Waals surface area contributed by atoms with Crippen LogP contribution < -0.4 is 4.74 Å². The number of alkyl halides is 1. The molecule has 3 heteroatoms. The highest BCUT2D eigenvalue weighted by atomic mass is 127. The molecule has 1 aromatic rings. The van der Waals surface area contributed by atoms with Gasteiger partial charge in [0.1, 0.15) is 5.75 Å². The van der Waals surface area contributed by atoms with E-state index in [1.54, 1.807) is 0 Å². The Balaban J connectivity index is 2.67. The third kappa shape index (κ3) is 4.29. The molecule has 0 aliphatic rings. The second-order valence-electron chi connectivity index (χ2n) is 3.59. The first-order chi connectivity index (χ1) is 7.67. The maximum atomic E-state index is 5.66. The average molecular weight is 334 g/mol. The molecule has 0 amide bonds. The predicted molar refractivity (Wildman–Crippen MR) is 75.2 cm³/mol. The monoisotopic (exact) mass is 334 g/mol. The second kappa shape index (κ2) is 7.12. The fraction of sp³-hybridized carbons (Fsp3) is 0.538. The highest BCUT2D eigenvalue weighted by Crippen LogP contribution is 2.29. The lowest BCUT2D eigenvalue weighted by Crippen LogP contribution is -2.15. The van der Waals surface area contributed by atoms with E-state index in [0.29, 0.717) is 10.5 Å². The van der Waals surface area contributed by atoms with Gasteiger partial charge in [-0.05, 0) is 38.0 Å². The van der Waals surface area contributed by atoms with Crippen molar-refractivity contribution in [3.05, 3.63) is 29.8 Å². The SMILES string of the molecule is CCOC(C)Oc1cccc(C(I)CC)c1. The molecule has 0 aliphatic heterocycles. The smallest absolute Gasteiger partial charge is 0.196 e. The summed E-state index contributed by atoms with van der Waals surface area (Å²) in [5.41, 5.74) is 1.31. The molecule has 2 nitrogen and oxygen atoms in total. The molecular weight excluding hydrogens is 315 g/mol. The van der Waals surface area contributed by atoms with Crippen molar-refractivity contribution >= 4 is 22.6 Å². The summed E-state index contributed by atoms with van der Waals surface area (Å²) in [6.45, 7) is 6.74. The van der Waals surface area contributed by atoms with Crippen LogP contribution in [0, 0.1) is 0 Å². The molecule has 0 bridgehead atoms. The Morgan fingerprint density at radius 1 is 1.31 bits per heavy atom. The van der Waals surface area contributed by atoms with Crippen LogP contribution in [0.5, 0.6) is 5.75 Å². The maximum Gasteiger partial charge on any atom is 0.196 e. The summed E-state index contributed by atoms with van der Waals surface area (Å²) < 4.78 is 11.6. The van der Waals surface area contributed by atoms with E-state index in [2.05, 4.69) is 41.6 Å². The van der Waals surface area contributed by atoms with Gasteiger partial charge in [0.2, 0.25) is 0 Å². The lowest BCUT2D eigenvalue weighted by molar-refractivity contribution is -0.0613. The Kier molecular flexibility index (Phi) is 6.13. The lowest BCUT2D eigenvalue weighted by atomic mass is 10.1. The van der Waals surface area contributed by atoms with Crippen LogP contribution >= 0.6 is 22.6 Å². The Bertz CT molecular complexity index is 315. The molecule has 2 atom stereocenters. The highest BCUT2D eigenvalue weighted by Gasteiger charge is 2.07. The number of rotatable bonds is 6. The van der Waals surface area contributed by atoms with Gasteiger partial charge in [0.15, 0.2) is 6.29 Å². The van der Waals surface area contributed by atoms with Crippen molar-refractivity contribution in [2.45, 2.75) is 37.4 Å². The van der Waals surface area contributed by atoms with E-state index in [1.807, 2.05) is 26.0 Å². The molecular formula is C13H19IO2. The Morgan fingerprint density at radius 3 is 2.69 bits per heavy atom. The van der Waals surface area contributed by atoms with Gasteiger partial charge in [-0.2, -0.15) is 0 Å². The van der Waals surface area contributed by atoms with Gasteiger partial charge in [0.25, 0.3) is 0 Å². The van der Waals surface area contributed by atoms with E-state index in [9.17, 15) is 0 Å². The minimum absolute atomic E-state index is 0.186. The van der Waals surface area contributed by atoms with Crippen molar-refractivity contribution in [3.63, 3.8) is 0 Å². The van der Waals surface area contributed by atoms with Crippen LogP contribution in [0.2, 0.25) is 0 Å². The lowest BCUT2D eigenvalue weighted by Gasteiger charge is -2.15. The Morgan fingerprint density at radius 2 is 2.06 bits per heavy atom. The van der Waals surface area contributed by atoms with Crippen LogP contribution in [-0.2, 0) is 4.74 Å². The average Bonchev–Trinajstić information content (AvgIpc) is 2.28. The van der Waals surface area contributed by atoms with Crippen molar-refractivity contribution in [2.75, 3.05) is 6.61 Å². The topological polar surface area (TPSA) is 18.5 Å². The molecule has 2 unspecified atom stereocenters. The molecule has 1 rings (SSSR count). The molecule has 16 heavy (non-hydrogen) atoms. The number of ether oxygens (including phenoxy) is 2. The first kappa shape index (κ1) is 13.8. The molecule has 0 heterocycles. The van der Waals surface area contributed by atoms with Crippen LogP contribution in [-0.4, -0.2) is 12.9 Å². The van der Waals surface area contributed by atoms with Gasteiger partial charge in [-0.3, -0.25) is 0 Å². The largest absolute Gasteiger partial charge is 0.465 e. The molecule has 0 fully saturated rings. The Hall–Kier alpha value is -0.290. The summed E-state index contributed by atoms with van der Waals surface area (Å²) in [7, 11) is 0. The van der Waals surface area contributed by atoms with Crippen LogP contribution in [0.4, 0.5) is 0 Å². The fourth-order valence-electron chi connectivity index (χ4n) is 1.48. The van der Waals surface area contributed by atoms with E-state index in [4.69, 9.17) is 9.47 Å². The highest BCUT2D eigenvalue weighted by molar-refractivity contribution is 14.1. The summed E-state index contributed by atoms with van der Waals surface area (Å²) in [6.07, 6.45) is 0.944. The number of hydrogen-bond donors (Lipinski definition) is 0. The standard InChI is InChI=1S/C13H19IO2/c1-4-13(14)11-7-6-8-12(9-11)16-10(3)15-5-2/h6-10,13H,4-5H2,1-3H3. The van der Waals surface area contributed by atoms with Gasteiger partial charge in [0.05, 0.1) is 0 Å². The molecule has 0 radical (unpaired) electrons. The molecule has 0 saturated carbocycles. The molecule has 90 valence electrons. The number of hydrogen-bond acceptors (Lipinski definition) is 2. The summed E-state index contributed by atoms with van der Waals surface area (Å²) >= 11 is 2.45. The van der Waals surface area contributed by atoms with Gasteiger partial charge in [-0.1, -0.05) is 41.6 Å². The van der Waals surface area contributed by atoms with Crippen molar-refractivity contribution < 1.29 is 9.47 Å². The van der Waals surface area contributed by atoms with Crippen molar-refractivity contribution in [1.29, 1.82) is 0 Å². The first-order valence-electron chi connectivity index (χ1n) is 5.69. The third-order valence-electron chi connectivity index (χ3n) is 2.28. The van der Waals surface area contributed by atoms with Crippen molar-refractivity contribution in [2.24, 2.45) is 0 Å². The van der Waals surface area contributed by atoms with E-state index in [0.717, 1.165) is 12.2 Å². The zero-order chi connectivity index (χ0) is 12.0. The number of benzene rings is 1. The summed E-state index contributed by atoms with van der Waals surface area (Å²) in [5, 5.41) is 0.